The van der Waals surface area contributed by atoms with Crippen molar-refractivity contribution in [1.82, 2.24) is 0 Å². The van der Waals surface area contributed by atoms with Crippen LogP contribution in [0.3, 0.4) is 0 Å². The van der Waals surface area contributed by atoms with Crippen LogP contribution in [-0.4, -0.2) is 0 Å². The predicted molar refractivity (Wildman–Crippen MR) is 117 cm³/mol. The highest BCUT2D eigenvalue weighted by Gasteiger charge is 2.13. The van der Waals surface area contributed by atoms with Crippen LogP contribution >= 0.6 is 22.9 Å². The van der Waals surface area contributed by atoms with Crippen LogP contribution in [0.4, 0.5) is 0 Å². The molecule has 6 aromatic rings. The highest BCUT2D eigenvalue weighted by Crippen LogP contribution is 2.41. The van der Waals surface area contributed by atoms with Gasteiger partial charge in [0.15, 0.2) is 0 Å². The van der Waals surface area contributed by atoms with E-state index in [1.807, 2.05) is 29.5 Å². The Morgan fingerprint density at radius 1 is 0.667 bits per heavy atom. The van der Waals surface area contributed by atoms with Crippen molar-refractivity contribution in [2.45, 2.75) is 0 Å². The molecule has 128 valence electrons. The van der Waals surface area contributed by atoms with E-state index in [0.29, 0.717) is 0 Å². The smallest absolute Gasteiger partial charge is 0.136 e. The molecular formula is C24H13ClOS. The summed E-state index contributed by atoms with van der Waals surface area (Å²) in [5.74, 6) is 0. The van der Waals surface area contributed by atoms with E-state index in [2.05, 4.69) is 60.7 Å². The molecule has 0 aliphatic rings. The summed E-state index contributed by atoms with van der Waals surface area (Å²) in [6, 6.07) is 27.4. The van der Waals surface area contributed by atoms with Crippen LogP contribution in [0.5, 0.6) is 0 Å². The Morgan fingerprint density at radius 3 is 2.52 bits per heavy atom. The molecule has 2 heterocycles. The van der Waals surface area contributed by atoms with E-state index in [0.717, 1.165) is 27.0 Å². The lowest BCUT2D eigenvalue weighted by Crippen LogP contribution is -1.78. The van der Waals surface area contributed by atoms with Gasteiger partial charge in [-0.25, -0.2) is 0 Å². The summed E-state index contributed by atoms with van der Waals surface area (Å²) in [6.45, 7) is 0. The highest BCUT2D eigenvalue weighted by molar-refractivity contribution is 7.26. The van der Waals surface area contributed by atoms with Crippen LogP contribution in [0, 0.1) is 0 Å². The Labute approximate surface area is 164 Å². The van der Waals surface area contributed by atoms with E-state index >= 15 is 0 Å². The lowest BCUT2D eigenvalue weighted by molar-refractivity contribution is 0.669. The second-order valence-electron chi connectivity index (χ2n) is 6.73. The van der Waals surface area contributed by atoms with Crippen LogP contribution in [0.15, 0.2) is 83.3 Å². The fourth-order valence-electron chi connectivity index (χ4n) is 3.89. The minimum absolute atomic E-state index is 0.726. The molecule has 0 spiro atoms. The van der Waals surface area contributed by atoms with Gasteiger partial charge in [0.2, 0.25) is 0 Å². The molecule has 0 saturated heterocycles. The molecule has 2 aromatic heterocycles. The Bertz CT molecular complexity index is 1490. The number of rotatable bonds is 1. The number of fused-ring (bicyclic) bond motifs is 6. The van der Waals surface area contributed by atoms with E-state index in [1.165, 1.54) is 31.3 Å². The summed E-state index contributed by atoms with van der Waals surface area (Å²) in [5.41, 5.74) is 4.17. The molecule has 0 fully saturated rings. The summed E-state index contributed by atoms with van der Waals surface area (Å²) in [4.78, 5) is 0. The summed E-state index contributed by atoms with van der Waals surface area (Å²) in [7, 11) is 0. The van der Waals surface area contributed by atoms with E-state index in [4.69, 9.17) is 16.0 Å². The maximum atomic E-state index is 6.17. The molecule has 6 rings (SSSR count). The van der Waals surface area contributed by atoms with Crippen molar-refractivity contribution >= 4 is 65.0 Å². The zero-order valence-electron chi connectivity index (χ0n) is 14.2. The summed E-state index contributed by atoms with van der Waals surface area (Å²) >= 11 is 8.01. The molecule has 0 atom stereocenters. The minimum atomic E-state index is 0.726. The maximum absolute atomic E-state index is 6.17. The van der Waals surface area contributed by atoms with Crippen LogP contribution in [0.25, 0.3) is 53.2 Å². The van der Waals surface area contributed by atoms with E-state index < -0.39 is 0 Å². The Kier molecular flexibility index (Phi) is 3.16. The zero-order valence-corrected chi connectivity index (χ0v) is 15.8. The number of hydrogen-bond acceptors (Lipinski definition) is 2. The first-order chi connectivity index (χ1) is 13.3. The van der Waals surface area contributed by atoms with Gasteiger partial charge in [-0.2, -0.15) is 0 Å². The van der Waals surface area contributed by atoms with Crippen molar-refractivity contribution in [3.8, 4) is 11.1 Å². The monoisotopic (exact) mass is 384 g/mol. The average Bonchev–Trinajstić information content (AvgIpc) is 3.25. The van der Waals surface area contributed by atoms with Gasteiger partial charge in [-0.3, -0.25) is 0 Å². The lowest BCUT2D eigenvalue weighted by Gasteiger charge is -2.03. The number of halogens is 1. The van der Waals surface area contributed by atoms with E-state index in [-0.39, 0.29) is 0 Å². The molecule has 1 nitrogen and oxygen atoms in total. The largest absolute Gasteiger partial charge is 0.456 e. The van der Waals surface area contributed by atoms with Crippen molar-refractivity contribution in [2.24, 2.45) is 0 Å². The second kappa shape index (κ2) is 5.59. The second-order valence-corrected chi connectivity index (χ2v) is 8.22. The van der Waals surface area contributed by atoms with Crippen molar-refractivity contribution in [3.05, 3.63) is 83.9 Å². The van der Waals surface area contributed by atoms with Crippen LogP contribution in [0.2, 0.25) is 5.02 Å². The zero-order chi connectivity index (χ0) is 18.0. The first-order valence-corrected chi connectivity index (χ1v) is 10.00. The van der Waals surface area contributed by atoms with Crippen LogP contribution in [-0.2, 0) is 0 Å². The van der Waals surface area contributed by atoms with Crippen molar-refractivity contribution in [3.63, 3.8) is 0 Å². The SMILES string of the molecule is Clc1ccc2oc3cc(-c4cccc5c4sc4ccccc45)ccc3c2c1. The lowest BCUT2D eigenvalue weighted by atomic mass is 10.0. The topological polar surface area (TPSA) is 13.1 Å². The third-order valence-electron chi connectivity index (χ3n) is 5.15. The third kappa shape index (κ3) is 2.24. The van der Waals surface area contributed by atoms with Gasteiger partial charge in [-0.1, -0.05) is 54.1 Å². The van der Waals surface area contributed by atoms with Crippen LogP contribution < -0.4 is 0 Å². The van der Waals surface area contributed by atoms with Gasteiger partial charge < -0.3 is 4.42 Å². The average molecular weight is 385 g/mol. The molecule has 3 heteroatoms. The molecule has 0 bridgehead atoms. The molecule has 0 unspecified atom stereocenters. The molecule has 4 aromatic carbocycles. The number of furan rings is 1. The van der Waals surface area contributed by atoms with Gasteiger partial charge in [0.05, 0.1) is 0 Å². The number of benzene rings is 4. The Hall–Kier alpha value is -2.81. The summed E-state index contributed by atoms with van der Waals surface area (Å²) in [5, 5.41) is 5.51. The minimum Gasteiger partial charge on any atom is -0.456 e. The van der Waals surface area contributed by atoms with Crippen molar-refractivity contribution in [2.75, 3.05) is 0 Å². The standard InChI is InChI=1S/C24H13ClOS/c25-15-9-11-21-20(13-15)17-10-8-14(12-22(17)26-21)16-5-3-6-19-18-4-1-2-7-23(18)27-24(16)19/h1-13H. The van der Waals surface area contributed by atoms with Gasteiger partial charge in [-0.05, 0) is 47.5 Å². The molecule has 27 heavy (non-hydrogen) atoms. The normalized spacial score (nSPS) is 11.9. The van der Waals surface area contributed by atoms with Gasteiger partial charge in [0.25, 0.3) is 0 Å². The van der Waals surface area contributed by atoms with Crippen LogP contribution in [0.1, 0.15) is 0 Å². The van der Waals surface area contributed by atoms with Gasteiger partial charge in [0, 0.05) is 36.0 Å². The summed E-state index contributed by atoms with van der Waals surface area (Å²) in [6.07, 6.45) is 0. The fourth-order valence-corrected chi connectivity index (χ4v) is 5.30. The first-order valence-electron chi connectivity index (χ1n) is 8.80. The van der Waals surface area contributed by atoms with Gasteiger partial charge in [-0.15, -0.1) is 11.3 Å². The number of hydrogen-bond donors (Lipinski definition) is 0. The Balaban J connectivity index is 1.64. The first kappa shape index (κ1) is 15.3. The third-order valence-corrected chi connectivity index (χ3v) is 6.60. The predicted octanol–water partition coefficient (Wildman–Crippen LogP) is 8.27. The van der Waals surface area contributed by atoms with Gasteiger partial charge in [0.1, 0.15) is 11.2 Å². The maximum Gasteiger partial charge on any atom is 0.136 e. The van der Waals surface area contributed by atoms with Crippen molar-refractivity contribution in [1.29, 1.82) is 0 Å². The quantitative estimate of drug-likeness (QED) is 0.278. The van der Waals surface area contributed by atoms with E-state index in [9.17, 15) is 0 Å². The van der Waals surface area contributed by atoms with Crippen molar-refractivity contribution < 1.29 is 4.42 Å². The van der Waals surface area contributed by atoms with E-state index in [1.54, 1.807) is 0 Å². The molecule has 0 aliphatic carbocycles. The molecule has 0 saturated carbocycles. The molecular weight excluding hydrogens is 372 g/mol. The number of thiophene rings is 1. The molecule has 0 N–H and O–H groups in total. The molecule has 0 amide bonds. The fraction of sp³-hybridized carbons (Fsp3) is 0. The Morgan fingerprint density at radius 2 is 1.56 bits per heavy atom. The highest BCUT2D eigenvalue weighted by atomic mass is 35.5. The summed E-state index contributed by atoms with van der Waals surface area (Å²) < 4.78 is 8.72. The van der Waals surface area contributed by atoms with Gasteiger partial charge >= 0.3 is 0 Å². The molecule has 0 radical (unpaired) electrons. The molecule has 0 aliphatic heterocycles.